The Morgan fingerprint density at radius 3 is 1.35 bits per heavy atom. The molecule has 15 rings (SSSR count). The molecule has 4 N–H and O–H groups in total. The van der Waals surface area contributed by atoms with Crippen LogP contribution in [0.4, 0.5) is 0 Å². The predicted octanol–water partition coefficient (Wildman–Crippen LogP) is 17.1. The highest BCUT2D eigenvalue weighted by Gasteiger charge is 2.52. The lowest BCUT2D eigenvalue weighted by Crippen LogP contribution is -2.32. The van der Waals surface area contributed by atoms with Crippen molar-refractivity contribution in [1.29, 1.82) is 0 Å². The molecule has 0 saturated carbocycles. The summed E-state index contributed by atoms with van der Waals surface area (Å²) in [7, 11) is 0. The average Bonchev–Trinajstić information content (AvgIpc) is 4.17. The molecule has 5 nitrogen and oxygen atoms in total. The number of fused-ring (bicyclic) bond motifs is 12. The van der Waals surface area contributed by atoms with Gasteiger partial charge in [-0.25, -0.2) is 0 Å². The Kier molecular flexibility index (Phi) is 9.83. The van der Waals surface area contributed by atoms with Crippen LogP contribution in [-0.4, -0.2) is 20.4 Å². The lowest BCUT2D eigenvalue weighted by molar-refractivity contribution is 0.448. The van der Waals surface area contributed by atoms with Gasteiger partial charge in [0.05, 0.1) is 10.8 Å². The first-order chi connectivity index (χ1) is 38.1. The molecule has 1 aliphatic heterocycles. The van der Waals surface area contributed by atoms with Crippen molar-refractivity contribution >= 4 is 21.5 Å². The highest BCUT2D eigenvalue weighted by Crippen LogP contribution is 2.63. The molecule has 0 saturated heterocycles. The van der Waals surface area contributed by atoms with Gasteiger partial charge in [0, 0.05) is 28.2 Å². The van der Waals surface area contributed by atoms with Crippen molar-refractivity contribution in [3.05, 3.63) is 309 Å². The van der Waals surface area contributed by atoms with Crippen LogP contribution in [0.15, 0.2) is 237 Å². The quantitative estimate of drug-likeness (QED) is 0.133. The first-order valence-electron chi connectivity index (χ1n) is 26.6. The van der Waals surface area contributed by atoms with Crippen LogP contribution in [-0.2, 0) is 10.8 Å². The maximum atomic E-state index is 13.4. The second-order valence-corrected chi connectivity index (χ2v) is 21.3. The molecule has 78 heavy (non-hydrogen) atoms. The monoisotopic (exact) mass is 1010 g/mol. The van der Waals surface area contributed by atoms with Gasteiger partial charge in [0.1, 0.15) is 34.5 Å². The fourth-order valence-corrected chi connectivity index (χ4v) is 14.0. The molecule has 3 aliphatic rings. The molecule has 1 unspecified atom stereocenters. The molecule has 0 bridgehead atoms. The number of phenolic OH excluding ortho intramolecular Hbond substituents is 4. The third-order valence-electron chi connectivity index (χ3n) is 17.4. The molecule has 0 radical (unpaired) electrons. The van der Waals surface area contributed by atoms with E-state index in [2.05, 4.69) is 164 Å². The Balaban J connectivity index is 1.01. The second-order valence-electron chi connectivity index (χ2n) is 21.3. The standard InChI is InChI=1S/C73H50O5/c1-42-36-47-28-34-67-70(55(47)40-65(42)76)69(46-26-24-45(25-27-46)44-14-4-3-5-15-44)71-56-41-66(77)61(38-48(56)29-35-68(71)78-67)73(59-22-12-8-18-53(59)54-19-9-13-23-60(54)73)62-39-50(31-33-64(62)75)72(49-30-32-63(74)43(2)37-49)57-20-10-6-16-51(57)52-17-7-11-21-58(52)72/h3-41,69,74-77H,1-2H3. The minimum atomic E-state index is -1.24. The van der Waals surface area contributed by atoms with E-state index in [1.807, 2.05) is 80.6 Å². The molecule has 0 spiro atoms. The van der Waals surface area contributed by atoms with Crippen LogP contribution >= 0.6 is 0 Å². The molecular formula is C73H50O5. The number of phenols is 4. The van der Waals surface area contributed by atoms with E-state index in [-0.39, 0.29) is 28.9 Å². The smallest absolute Gasteiger partial charge is 0.132 e. The summed E-state index contributed by atoms with van der Waals surface area (Å²) in [5, 5.41) is 52.3. The van der Waals surface area contributed by atoms with Crippen LogP contribution in [0, 0.1) is 13.8 Å². The first kappa shape index (κ1) is 45.5. The van der Waals surface area contributed by atoms with E-state index < -0.39 is 10.8 Å². The van der Waals surface area contributed by atoms with Gasteiger partial charge in [-0.3, -0.25) is 0 Å². The number of aromatic hydroxyl groups is 4. The summed E-state index contributed by atoms with van der Waals surface area (Å²) in [6.45, 7) is 3.85. The topological polar surface area (TPSA) is 90.2 Å². The van der Waals surface area contributed by atoms with Gasteiger partial charge in [0.15, 0.2) is 0 Å². The molecular weight excluding hydrogens is 957 g/mol. The van der Waals surface area contributed by atoms with Gasteiger partial charge in [-0.2, -0.15) is 0 Å². The summed E-state index contributed by atoms with van der Waals surface area (Å²) < 4.78 is 6.94. The highest BCUT2D eigenvalue weighted by molar-refractivity contribution is 5.99. The van der Waals surface area contributed by atoms with Crippen molar-refractivity contribution in [3.8, 4) is 67.9 Å². The molecule has 372 valence electrons. The van der Waals surface area contributed by atoms with Gasteiger partial charge in [0.2, 0.25) is 0 Å². The fraction of sp³-hybridized carbons (Fsp3) is 0.0685. The Hall–Kier alpha value is -9.84. The van der Waals surface area contributed by atoms with Crippen LogP contribution in [0.1, 0.15) is 78.2 Å². The van der Waals surface area contributed by atoms with Crippen molar-refractivity contribution in [3.63, 3.8) is 0 Å². The van der Waals surface area contributed by atoms with E-state index >= 15 is 0 Å². The van der Waals surface area contributed by atoms with E-state index in [9.17, 15) is 20.4 Å². The summed E-state index contributed by atoms with van der Waals surface area (Å²) >= 11 is 0. The molecule has 0 amide bonds. The molecule has 1 heterocycles. The minimum absolute atomic E-state index is 0.0581. The predicted molar refractivity (Wildman–Crippen MR) is 312 cm³/mol. The van der Waals surface area contributed by atoms with Gasteiger partial charge in [0.25, 0.3) is 0 Å². The van der Waals surface area contributed by atoms with Gasteiger partial charge in [-0.05, 0) is 173 Å². The van der Waals surface area contributed by atoms with E-state index in [1.54, 1.807) is 6.07 Å². The van der Waals surface area contributed by atoms with Crippen LogP contribution in [0.3, 0.4) is 0 Å². The molecule has 12 aromatic carbocycles. The molecule has 2 aliphatic carbocycles. The Labute approximate surface area is 451 Å². The van der Waals surface area contributed by atoms with Crippen LogP contribution in [0.25, 0.3) is 54.9 Å². The maximum Gasteiger partial charge on any atom is 0.132 e. The molecule has 0 aromatic heterocycles. The first-order valence-corrected chi connectivity index (χ1v) is 26.6. The van der Waals surface area contributed by atoms with Gasteiger partial charge in [-0.15, -0.1) is 0 Å². The Bertz CT molecular complexity index is 4400. The Morgan fingerprint density at radius 1 is 0.333 bits per heavy atom. The van der Waals surface area contributed by atoms with Crippen molar-refractivity contribution in [2.24, 2.45) is 0 Å². The van der Waals surface area contributed by atoms with Gasteiger partial charge in [-0.1, -0.05) is 182 Å². The zero-order valence-corrected chi connectivity index (χ0v) is 42.8. The summed E-state index contributed by atoms with van der Waals surface area (Å²) in [4.78, 5) is 0. The summed E-state index contributed by atoms with van der Waals surface area (Å²) in [6, 6.07) is 81.0. The number of hydrogen-bond acceptors (Lipinski definition) is 5. The van der Waals surface area contributed by atoms with E-state index in [1.165, 1.54) is 0 Å². The van der Waals surface area contributed by atoms with Gasteiger partial charge < -0.3 is 25.2 Å². The highest BCUT2D eigenvalue weighted by atomic mass is 16.5. The molecule has 5 heteroatoms. The summed E-state index contributed by atoms with van der Waals surface area (Å²) in [5.74, 6) is 1.59. The van der Waals surface area contributed by atoms with Crippen molar-refractivity contribution in [1.82, 2.24) is 0 Å². The van der Waals surface area contributed by atoms with Crippen LogP contribution in [0.5, 0.6) is 34.5 Å². The van der Waals surface area contributed by atoms with Crippen LogP contribution in [0.2, 0.25) is 0 Å². The molecule has 1 atom stereocenters. The number of aryl methyl sites for hydroxylation is 2. The average molecular weight is 1010 g/mol. The largest absolute Gasteiger partial charge is 0.508 e. The number of rotatable bonds is 6. The lowest BCUT2D eigenvalue weighted by atomic mass is 9.63. The third-order valence-corrected chi connectivity index (χ3v) is 17.4. The van der Waals surface area contributed by atoms with Crippen LogP contribution < -0.4 is 4.74 Å². The van der Waals surface area contributed by atoms with Crippen molar-refractivity contribution in [2.45, 2.75) is 30.6 Å². The number of ether oxygens (including phenoxy) is 1. The summed E-state index contributed by atoms with van der Waals surface area (Å²) in [5.41, 5.74) is 16.0. The number of hydrogen-bond donors (Lipinski definition) is 4. The van der Waals surface area contributed by atoms with E-state index in [4.69, 9.17) is 4.74 Å². The Morgan fingerprint density at radius 2 is 0.782 bits per heavy atom. The maximum absolute atomic E-state index is 13.4. The second kappa shape index (κ2) is 16.8. The van der Waals surface area contributed by atoms with Crippen molar-refractivity contribution in [2.75, 3.05) is 0 Å². The SMILES string of the molecule is Cc1cc(C2(c3ccc(O)c(C4(c5cc6ccc7c(c6cc5O)C(c5ccc(-c6ccccc6)cc5)c5c(ccc6cc(C)c(O)cc56)O7)c5ccccc5-c5ccccc54)c3)c3ccccc3-c3ccccc32)ccc1O. The zero-order chi connectivity index (χ0) is 52.6. The fourth-order valence-electron chi connectivity index (χ4n) is 14.0. The van der Waals surface area contributed by atoms with E-state index in [0.717, 1.165) is 116 Å². The molecule has 12 aromatic rings. The minimum Gasteiger partial charge on any atom is -0.508 e. The number of benzene rings is 12. The van der Waals surface area contributed by atoms with E-state index in [0.29, 0.717) is 22.6 Å². The normalized spacial score (nSPS) is 14.9. The van der Waals surface area contributed by atoms with Crippen molar-refractivity contribution < 1.29 is 25.2 Å². The zero-order valence-electron chi connectivity index (χ0n) is 42.8. The summed E-state index contributed by atoms with van der Waals surface area (Å²) in [6.07, 6.45) is 0. The van der Waals surface area contributed by atoms with Gasteiger partial charge >= 0.3 is 0 Å². The lowest BCUT2D eigenvalue weighted by Gasteiger charge is -2.38. The third kappa shape index (κ3) is 6.24. The molecule has 0 fully saturated rings.